The summed E-state index contributed by atoms with van der Waals surface area (Å²) < 4.78 is 33.9. The first-order valence-electron chi connectivity index (χ1n) is 7.38. The lowest BCUT2D eigenvalue weighted by molar-refractivity contribution is -0.0498. The highest BCUT2D eigenvalue weighted by Crippen LogP contribution is 2.19. The number of hydrogen-bond donors (Lipinski definition) is 0. The lowest BCUT2D eigenvalue weighted by atomic mass is 10.2. The number of pyridine rings is 1. The van der Waals surface area contributed by atoms with Gasteiger partial charge in [0.2, 0.25) is 5.88 Å². The standard InChI is InChI=1S/C17H18F2N2O3/c1-3-23-15-14(5-4-10-20-15)16(22)21(2)11-12-6-8-13(9-7-12)24-17(18)19/h4-10,17H,3,11H2,1-2H3. The number of amides is 1. The molecule has 128 valence electrons. The van der Waals surface area contributed by atoms with Gasteiger partial charge in [0.25, 0.3) is 5.91 Å². The fourth-order valence-electron chi connectivity index (χ4n) is 2.13. The topological polar surface area (TPSA) is 51.7 Å². The summed E-state index contributed by atoms with van der Waals surface area (Å²) in [6.45, 7) is -0.320. The van der Waals surface area contributed by atoms with Crippen LogP contribution in [0.3, 0.4) is 0 Å². The molecular weight excluding hydrogens is 318 g/mol. The number of nitrogens with zero attached hydrogens (tertiary/aromatic N) is 2. The fourth-order valence-corrected chi connectivity index (χ4v) is 2.13. The van der Waals surface area contributed by atoms with Crippen LogP contribution in [0, 0.1) is 0 Å². The van der Waals surface area contributed by atoms with Crippen molar-refractivity contribution in [2.75, 3.05) is 13.7 Å². The predicted octanol–water partition coefficient (Wildman–Crippen LogP) is 3.35. The van der Waals surface area contributed by atoms with E-state index in [-0.39, 0.29) is 17.5 Å². The molecular formula is C17H18F2N2O3. The Labute approximate surface area is 138 Å². The zero-order chi connectivity index (χ0) is 17.5. The van der Waals surface area contributed by atoms with Gasteiger partial charge < -0.3 is 14.4 Å². The van der Waals surface area contributed by atoms with Crippen molar-refractivity contribution in [2.45, 2.75) is 20.1 Å². The zero-order valence-corrected chi connectivity index (χ0v) is 13.4. The summed E-state index contributed by atoms with van der Waals surface area (Å²) in [4.78, 5) is 18.1. The number of carbonyl (C=O) groups excluding carboxylic acids is 1. The molecule has 0 aliphatic heterocycles. The number of benzene rings is 1. The first kappa shape index (κ1) is 17.7. The van der Waals surface area contributed by atoms with Crippen LogP contribution in [0.15, 0.2) is 42.6 Å². The summed E-state index contributed by atoms with van der Waals surface area (Å²) in [6.07, 6.45) is 1.56. The van der Waals surface area contributed by atoms with Crippen molar-refractivity contribution in [3.8, 4) is 11.6 Å². The van der Waals surface area contributed by atoms with Crippen LogP contribution in [0.5, 0.6) is 11.6 Å². The molecule has 1 heterocycles. The smallest absolute Gasteiger partial charge is 0.387 e. The maximum Gasteiger partial charge on any atom is 0.387 e. The number of alkyl halides is 2. The molecule has 0 spiro atoms. The number of carbonyl (C=O) groups is 1. The number of halogens is 2. The van der Waals surface area contributed by atoms with Crippen LogP contribution < -0.4 is 9.47 Å². The van der Waals surface area contributed by atoms with Crippen molar-refractivity contribution in [1.29, 1.82) is 0 Å². The summed E-state index contributed by atoms with van der Waals surface area (Å²) in [7, 11) is 1.65. The lowest BCUT2D eigenvalue weighted by Crippen LogP contribution is -2.27. The Kier molecular flexibility index (Phi) is 6.06. The SMILES string of the molecule is CCOc1ncccc1C(=O)N(C)Cc1ccc(OC(F)F)cc1. The molecule has 0 saturated carbocycles. The van der Waals surface area contributed by atoms with E-state index in [9.17, 15) is 13.6 Å². The minimum absolute atomic E-state index is 0.0774. The van der Waals surface area contributed by atoms with Crippen molar-refractivity contribution in [3.05, 3.63) is 53.7 Å². The first-order chi connectivity index (χ1) is 11.5. The summed E-state index contributed by atoms with van der Waals surface area (Å²) in [6, 6.07) is 9.46. The van der Waals surface area contributed by atoms with Gasteiger partial charge in [-0.05, 0) is 36.8 Å². The van der Waals surface area contributed by atoms with Gasteiger partial charge in [0.1, 0.15) is 11.3 Å². The zero-order valence-electron chi connectivity index (χ0n) is 13.4. The molecule has 24 heavy (non-hydrogen) atoms. The molecule has 0 fully saturated rings. The molecule has 1 aromatic heterocycles. The molecule has 0 unspecified atom stereocenters. The van der Waals surface area contributed by atoms with E-state index in [1.807, 2.05) is 6.92 Å². The number of rotatable bonds is 7. The Bertz CT molecular complexity index is 678. The van der Waals surface area contributed by atoms with Gasteiger partial charge in [-0.3, -0.25) is 4.79 Å². The summed E-state index contributed by atoms with van der Waals surface area (Å²) >= 11 is 0. The van der Waals surface area contributed by atoms with Gasteiger partial charge in [-0.2, -0.15) is 8.78 Å². The van der Waals surface area contributed by atoms with E-state index >= 15 is 0 Å². The number of ether oxygens (including phenoxy) is 2. The van der Waals surface area contributed by atoms with E-state index in [1.165, 1.54) is 17.0 Å². The molecule has 2 aromatic rings. The maximum atomic E-state index is 12.5. The molecule has 2 rings (SSSR count). The molecule has 7 heteroatoms. The normalized spacial score (nSPS) is 10.5. The molecule has 1 amide bonds. The molecule has 0 aliphatic carbocycles. The summed E-state index contributed by atoms with van der Waals surface area (Å²) in [5.74, 6) is 0.130. The van der Waals surface area contributed by atoms with Crippen LogP contribution in [0.2, 0.25) is 0 Å². The maximum absolute atomic E-state index is 12.5. The molecule has 0 atom stereocenters. The molecule has 1 aromatic carbocycles. The third-order valence-corrected chi connectivity index (χ3v) is 3.20. The van der Waals surface area contributed by atoms with Crippen LogP contribution in [-0.4, -0.2) is 36.1 Å². The summed E-state index contributed by atoms with van der Waals surface area (Å²) in [5.41, 5.74) is 1.16. The second kappa shape index (κ2) is 8.24. The Hall–Kier alpha value is -2.70. The van der Waals surface area contributed by atoms with Gasteiger partial charge in [0, 0.05) is 19.8 Å². The Morgan fingerprint density at radius 3 is 2.58 bits per heavy atom. The Morgan fingerprint density at radius 1 is 1.25 bits per heavy atom. The van der Waals surface area contributed by atoms with Gasteiger partial charge in [0.05, 0.1) is 6.61 Å². The second-order valence-corrected chi connectivity index (χ2v) is 4.97. The Balaban J connectivity index is 2.06. The van der Waals surface area contributed by atoms with Crippen molar-refractivity contribution in [3.63, 3.8) is 0 Å². The van der Waals surface area contributed by atoms with Crippen LogP contribution in [0.1, 0.15) is 22.8 Å². The van der Waals surface area contributed by atoms with E-state index in [0.29, 0.717) is 18.7 Å². The second-order valence-electron chi connectivity index (χ2n) is 4.97. The van der Waals surface area contributed by atoms with Crippen molar-refractivity contribution in [1.82, 2.24) is 9.88 Å². The summed E-state index contributed by atoms with van der Waals surface area (Å²) in [5, 5.41) is 0. The third kappa shape index (κ3) is 4.65. The van der Waals surface area contributed by atoms with E-state index in [1.54, 1.807) is 37.5 Å². The van der Waals surface area contributed by atoms with E-state index in [2.05, 4.69) is 9.72 Å². The fraction of sp³-hybridized carbons (Fsp3) is 0.294. The third-order valence-electron chi connectivity index (χ3n) is 3.20. The molecule has 0 saturated heterocycles. The Morgan fingerprint density at radius 2 is 1.96 bits per heavy atom. The monoisotopic (exact) mass is 336 g/mol. The highest BCUT2D eigenvalue weighted by Gasteiger charge is 2.17. The lowest BCUT2D eigenvalue weighted by Gasteiger charge is -2.18. The minimum atomic E-state index is -2.86. The molecule has 0 radical (unpaired) electrons. The van der Waals surface area contributed by atoms with E-state index < -0.39 is 6.61 Å². The molecule has 0 N–H and O–H groups in total. The van der Waals surface area contributed by atoms with Gasteiger partial charge in [-0.25, -0.2) is 4.98 Å². The number of aromatic nitrogens is 1. The highest BCUT2D eigenvalue weighted by molar-refractivity contribution is 5.96. The van der Waals surface area contributed by atoms with Crippen LogP contribution >= 0.6 is 0 Å². The van der Waals surface area contributed by atoms with Gasteiger partial charge in [-0.15, -0.1) is 0 Å². The van der Waals surface area contributed by atoms with Crippen LogP contribution in [0.25, 0.3) is 0 Å². The molecule has 5 nitrogen and oxygen atoms in total. The van der Waals surface area contributed by atoms with Crippen molar-refractivity contribution < 1.29 is 23.0 Å². The minimum Gasteiger partial charge on any atom is -0.477 e. The van der Waals surface area contributed by atoms with Crippen LogP contribution in [0.4, 0.5) is 8.78 Å². The number of hydrogen-bond acceptors (Lipinski definition) is 4. The van der Waals surface area contributed by atoms with Gasteiger partial charge >= 0.3 is 6.61 Å². The van der Waals surface area contributed by atoms with Gasteiger partial charge in [0.15, 0.2) is 0 Å². The predicted molar refractivity (Wildman–Crippen MR) is 84.3 cm³/mol. The van der Waals surface area contributed by atoms with Crippen molar-refractivity contribution >= 4 is 5.91 Å². The van der Waals surface area contributed by atoms with Crippen LogP contribution in [-0.2, 0) is 6.54 Å². The first-order valence-corrected chi connectivity index (χ1v) is 7.38. The largest absolute Gasteiger partial charge is 0.477 e. The highest BCUT2D eigenvalue weighted by atomic mass is 19.3. The average molecular weight is 336 g/mol. The van der Waals surface area contributed by atoms with E-state index in [4.69, 9.17) is 4.74 Å². The van der Waals surface area contributed by atoms with E-state index in [0.717, 1.165) is 5.56 Å². The van der Waals surface area contributed by atoms with Gasteiger partial charge in [-0.1, -0.05) is 12.1 Å². The van der Waals surface area contributed by atoms with Crippen molar-refractivity contribution in [2.24, 2.45) is 0 Å². The molecule has 0 bridgehead atoms. The quantitative estimate of drug-likeness (QED) is 0.778. The average Bonchev–Trinajstić information content (AvgIpc) is 2.56. The molecule has 0 aliphatic rings.